The predicted molar refractivity (Wildman–Crippen MR) is 62.7 cm³/mol. The average Bonchev–Trinajstić information content (AvgIpc) is 2.12. The summed E-state index contributed by atoms with van der Waals surface area (Å²) in [6, 6.07) is 0. The van der Waals surface area contributed by atoms with Gasteiger partial charge in [0.25, 0.3) is 0 Å². The van der Waals surface area contributed by atoms with Gasteiger partial charge in [-0.15, -0.1) is 0 Å². The van der Waals surface area contributed by atoms with E-state index in [0.29, 0.717) is 0 Å². The van der Waals surface area contributed by atoms with Gasteiger partial charge in [0.1, 0.15) is 0 Å². The fraction of sp³-hybridized carbons (Fsp3) is 0.833. The average molecular weight is 243 g/mol. The van der Waals surface area contributed by atoms with Gasteiger partial charge in [-0.3, -0.25) is 9.59 Å². The van der Waals surface area contributed by atoms with Gasteiger partial charge in [0.05, 0.1) is 24.0 Å². The SMILES string of the molecule is COC(C)(C)CC(=O)NC1(CC(=O)O)CCC1. The molecule has 0 aromatic rings. The van der Waals surface area contributed by atoms with Crippen molar-refractivity contribution >= 4 is 11.9 Å². The molecule has 0 radical (unpaired) electrons. The third kappa shape index (κ3) is 4.00. The Hall–Kier alpha value is -1.10. The molecular weight excluding hydrogens is 222 g/mol. The van der Waals surface area contributed by atoms with Crippen LogP contribution in [-0.2, 0) is 14.3 Å². The summed E-state index contributed by atoms with van der Waals surface area (Å²) in [6.07, 6.45) is 2.72. The number of carbonyl (C=O) groups excluding carboxylic acids is 1. The number of amides is 1. The Kier molecular flexibility index (Phi) is 4.14. The third-order valence-corrected chi connectivity index (χ3v) is 3.34. The van der Waals surface area contributed by atoms with E-state index in [1.165, 1.54) is 0 Å². The molecule has 0 aliphatic heterocycles. The molecule has 1 fully saturated rings. The van der Waals surface area contributed by atoms with E-state index in [9.17, 15) is 9.59 Å². The standard InChI is InChI=1S/C12H21NO4/c1-11(2,17-3)7-9(14)13-12(5-4-6-12)8-10(15)16/h4-8H2,1-3H3,(H,13,14)(H,15,16). The predicted octanol–water partition coefficient (Wildman–Crippen LogP) is 1.32. The van der Waals surface area contributed by atoms with Crippen molar-refractivity contribution in [2.75, 3.05) is 7.11 Å². The van der Waals surface area contributed by atoms with Gasteiger partial charge in [0.2, 0.25) is 5.91 Å². The van der Waals surface area contributed by atoms with Crippen molar-refractivity contribution < 1.29 is 19.4 Å². The maximum atomic E-state index is 11.8. The van der Waals surface area contributed by atoms with Crippen LogP contribution in [0.15, 0.2) is 0 Å². The monoisotopic (exact) mass is 243 g/mol. The molecule has 1 saturated carbocycles. The molecule has 0 unspecified atom stereocenters. The maximum Gasteiger partial charge on any atom is 0.305 e. The van der Waals surface area contributed by atoms with Gasteiger partial charge >= 0.3 is 5.97 Å². The Morgan fingerprint density at radius 3 is 2.35 bits per heavy atom. The first-order chi connectivity index (χ1) is 7.79. The highest BCUT2D eigenvalue weighted by molar-refractivity contribution is 5.79. The van der Waals surface area contributed by atoms with Gasteiger partial charge in [-0.25, -0.2) is 0 Å². The van der Waals surface area contributed by atoms with E-state index in [0.717, 1.165) is 19.3 Å². The number of carboxylic acids is 1. The number of ether oxygens (including phenoxy) is 1. The molecule has 0 spiro atoms. The minimum absolute atomic E-state index is 0.00610. The first-order valence-electron chi connectivity index (χ1n) is 5.87. The number of aliphatic carboxylic acids is 1. The Labute approximate surface area is 102 Å². The van der Waals surface area contributed by atoms with Crippen LogP contribution in [0.4, 0.5) is 0 Å². The first kappa shape index (κ1) is 14.0. The van der Waals surface area contributed by atoms with Gasteiger partial charge in [-0.05, 0) is 33.1 Å². The van der Waals surface area contributed by atoms with Crippen molar-refractivity contribution in [3.63, 3.8) is 0 Å². The molecule has 98 valence electrons. The lowest BCUT2D eigenvalue weighted by molar-refractivity contribution is -0.140. The highest BCUT2D eigenvalue weighted by atomic mass is 16.5. The molecule has 1 aliphatic rings. The van der Waals surface area contributed by atoms with Crippen LogP contribution in [0.2, 0.25) is 0 Å². The van der Waals surface area contributed by atoms with Crippen LogP contribution in [0.5, 0.6) is 0 Å². The van der Waals surface area contributed by atoms with Crippen molar-refractivity contribution in [1.29, 1.82) is 0 Å². The number of methoxy groups -OCH3 is 1. The van der Waals surface area contributed by atoms with E-state index in [4.69, 9.17) is 9.84 Å². The van der Waals surface area contributed by atoms with E-state index in [-0.39, 0.29) is 18.7 Å². The van der Waals surface area contributed by atoms with Crippen molar-refractivity contribution in [3.8, 4) is 0 Å². The molecule has 0 bridgehead atoms. The zero-order valence-electron chi connectivity index (χ0n) is 10.7. The fourth-order valence-electron chi connectivity index (χ4n) is 2.04. The molecule has 0 heterocycles. The molecule has 1 rings (SSSR count). The summed E-state index contributed by atoms with van der Waals surface area (Å²) in [7, 11) is 1.56. The van der Waals surface area contributed by atoms with E-state index in [1.807, 2.05) is 13.8 Å². The first-order valence-corrected chi connectivity index (χ1v) is 5.87. The van der Waals surface area contributed by atoms with Crippen molar-refractivity contribution in [3.05, 3.63) is 0 Å². The van der Waals surface area contributed by atoms with Gasteiger partial charge in [-0.1, -0.05) is 0 Å². The summed E-state index contributed by atoms with van der Waals surface area (Å²) in [5, 5.41) is 11.7. The van der Waals surface area contributed by atoms with E-state index >= 15 is 0 Å². The Morgan fingerprint density at radius 1 is 1.41 bits per heavy atom. The molecule has 1 amide bonds. The summed E-state index contributed by atoms with van der Waals surface area (Å²) >= 11 is 0. The van der Waals surface area contributed by atoms with E-state index < -0.39 is 17.1 Å². The largest absolute Gasteiger partial charge is 0.481 e. The number of carboxylic acid groups (broad SMARTS) is 1. The summed E-state index contributed by atoms with van der Waals surface area (Å²) < 4.78 is 5.18. The second-order valence-corrected chi connectivity index (χ2v) is 5.39. The van der Waals surface area contributed by atoms with Gasteiger partial charge in [-0.2, -0.15) is 0 Å². The second-order valence-electron chi connectivity index (χ2n) is 5.39. The quantitative estimate of drug-likeness (QED) is 0.737. The van der Waals surface area contributed by atoms with Gasteiger partial charge < -0.3 is 15.2 Å². The summed E-state index contributed by atoms with van der Waals surface area (Å²) in [6.45, 7) is 3.66. The molecule has 0 aromatic carbocycles. The van der Waals surface area contributed by atoms with Crippen molar-refractivity contribution in [2.45, 2.75) is 57.1 Å². The molecule has 2 N–H and O–H groups in total. The molecule has 5 heteroatoms. The van der Waals surface area contributed by atoms with Crippen LogP contribution >= 0.6 is 0 Å². The highest BCUT2D eigenvalue weighted by Gasteiger charge is 2.40. The Bertz CT molecular complexity index is 308. The lowest BCUT2D eigenvalue weighted by atomic mass is 9.74. The number of carbonyl (C=O) groups is 2. The normalized spacial score (nSPS) is 18.3. The minimum atomic E-state index is -0.865. The number of nitrogens with one attached hydrogen (secondary N) is 1. The van der Waals surface area contributed by atoms with Crippen LogP contribution < -0.4 is 5.32 Å². The minimum Gasteiger partial charge on any atom is -0.481 e. The molecule has 0 aromatic heterocycles. The Balaban J connectivity index is 2.51. The lowest BCUT2D eigenvalue weighted by Gasteiger charge is -2.42. The van der Waals surface area contributed by atoms with Crippen molar-refractivity contribution in [1.82, 2.24) is 5.32 Å². The number of rotatable bonds is 6. The van der Waals surface area contributed by atoms with Crippen LogP contribution in [0.25, 0.3) is 0 Å². The molecule has 0 saturated heterocycles. The molecule has 0 atom stereocenters. The van der Waals surface area contributed by atoms with Crippen LogP contribution in [-0.4, -0.2) is 35.2 Å². The lowest BCUT2D eigenvalue weighted by Crippen LogP contribution is -2.55. The topological polar surface area (TPSA) is 75.6 Å². The van der Waals surface area contributed by atoms with E-state index in [1.54, 1.807) is 7.11 Å². The molecule has 5 nitrogen and oxygen atoms in total. The molecular formula is C12H21NO4. The zero-order chi connectivity index (χ0) is 13.1. The summed E-state index contributed by atoms with van der Waals surface area (Å²) in [5.74, 6) is -1.01. The van der Waals surface area contributed by atoms with Gasteiger partial charge in [0.15, 0.2) is 0 Å². The molecule has 17 heavy (non-hydrogen) atoms. The van der Waals surface area contributed by atoms with E-state index in [2.05, 4.69) is 5.32 Å². The van der Waals surface area contributed by atoms with Crippen LogP contribution in [0, 0.1) is 0 Å². The summed E-state index contributed by atoms with van der Waals surface area (Å²) in [5.41, 5.74) is -1.04. The fourth-order valence-corrected chi connectivity index (χ4v) is 2.04. The van der Waals surface area contributed by atoms with Crippen LogP contribution in [0.3, 0.4) is 0 Å². The zero-order valence-corrected chi connectivity index (χ0v) is 10.7. The van der Waals surface area contributed by atoms with Gasteiger partial charge in [0, 0.05) is 7.11 Å². The Morgan fingerprint density at radius 2 is 2.00 bits per heavy atom. The van der Waals surface area contributed by atoms with Crippen LogP contribution in [0.1, 0.15) is 46.0 Å². The highest BCUT2D eigenvalue weighted by Crippen LogP contribution is 2.35. The number of hydrogen-bond donors (Lipinski definition) is 2. The second kappa shape index (κ2) is 5.04. The summed E-state index contributed by atoms with van der Waals surface area (Å²) in [4.78, 5) is 22.6. The third-order valence-electron chi connectivity index (χ3n) is 3.34. The maximum absolute atomic E-state index is 11.8. The van der Waals surface area contributed by atoms with Crippen molar-refractivity contribution in [2.24, 2.45) is 0 Å². The smallest absolute Gasteiger partial charge is 0.305 e. The molecule has 1 aliphatic carbocycles. The number of hydrogen-bond acceptors (Lipinski definition) is 3.